The van der Waals surface area contributed by atoms with E-state index in [1.54, 1.807) is 6.07 Å². The molecule has 0 saturated carbocycles. The molecule has 0 aliphatic carbocycles. The Labute approximate surface area is 207 Å². The summed E-state index contributed by atoms with van der Waals surface area (Å²) in [5.74, 6) is 0.597. The number of nitrogens with one attached hydrogen (secondary N) is 1. The van der Waals surface area contributed by atoms with Crippen molar-refractivity contribution in [2.24, 2.45) is 0 Å². The van der Waals surface area contributed by atoms with Crippen LogP contribution in [0.3, 0.4) is 0 Å². The quantitative estimate of drug-likeness (QED) is 0.304. The van der Waals surface area contributed by atoms with Gasteiger partial charge in [-0.1, -0.05) is 47.6 Å². The average Bonchev–Trinajstić information content (AvgIpc) is 3.23. The third kappa shape index (κ3) is 5.66. The highest BCUT2D eigenvalue weighted by Crippen LogP contribution is 2.41. The Hall–Kier alpha value is -2.19. The maximum absolute atomic E-state index is 12.6. The molecule has 2 amide bonds. The highest BCUT2D eigenvalue weighted by molar-refractivity contribution is 7.99. The molecule has 33 heavy (non-hydrogen) atoms. The van der Waals surface area contributed by atoms with Gasteiger partial charge in [-0.2, -0.15) is 4.89 Å². The molecule has 1 N–H and O–H groups in total. The summed E-state index contributed by atoms with van der Waals surface area (Å²) < 4.78 is 0. The van der Waals surface area contributed by atoms with Gasteiger partial charge in [0.2, 0.25) is 5.91 Å². The van der Waals surface area contributed by atoms with Crippen molar-refractivity contribution >= 4 is 52.4 Å². The summed E-state index contributed by atoms with van der Waals surface area (Å²) in [6.45, 7) is 6.32. The van der Waals surface area contributed by atoms with Crippen molar-refractivity contribution in [3.8, 4) is 5.75 Å². The molecule has 2 aromatic rings. The fourth-order valence-electron chi connectivity index (χ4n) is 3.76. The van der Waals surface area contributed by atoms with Crippen LogP contribution < -0.4 is 10.2 Å². The molecule has 0 spiro atoms. The number of rotatable bonds is 8. The van der Waals surface area contributed by atoms with Gasteiger partial charge in [-0.25, -0.2) is 0 Å². The second-order valence-corrected chi connectivity index (χ2v) is 9.71. The average molecular weight is 507 g/mol. The van der Waals surface area contributed by atoms with Crippen LogP contribution in [0.15, 0.2) is 46.7 Å². The van der Waals surface area contributed by atoms with Crippen LogP contribution in [0.5, 0.6) is 5.75 Å². The van der Waals surface area contributed by atoms with E-state index in [1.807, 2.05) is 29.2 Å². The molecule has 2 aliphatic rings. The summed E-state index contributed by atoms with van der Waals surface area (Å²) in [7, 11) is 0. The van der Waals surface area contributed by atoms with Gasteiger partial charge in [0, 0.05) is 59.0 Å². The van der Waals surface area contributed by atoms with E-state index in [-0.39, 0.29) is 17.4 Å². The zero-order chi connectivity index (χ0) is 23.4. The van der Waals surface area contributed by atoms with Crippen LogP contribution in [0, 0.1) is 0 Å². The number of hydrogen-bond donors (Lipinski definition) is 1. The van der Waals surface area contributed by atoms with E-state index in [4.69, 9.17) is 33.0 Å². The van der Waals surface area contributed by atoms with Gasteiger partial charge in [0.05, 0.1) is 16.7 Å². The van der Waals surface area contributed by atoms with E-state index < -0.39 is 0 Å². The van der Waals surface area contributed by atoms with Crippen molar-refractivity contribution < 1.29 is 19.4 Å². The molecule has 2 aromatic carbocycles. The largest absolute Gasteiger partial charge is 0.352 e. The minimum absolute atomic E-state index is 0.183. The van der Waals surface area contributed by atoms with Crippen LogP contribution in [0.4, 0.5) is 0 Å². The van der Waals surface area contributed by atoms with E-state index in [2.05, 4.69) is 11.9 Å². The third-order valence-corrected chi connectivity index (χ3v) is 7.61. The molecule has 6 nitrogen and oxygen atoms in total. The predicted molar refractivity (Wildman–Crippen MR) is 130 cm³/mol. The van der Waals surface area contributed by atoms with Gasteiger partial charge in [-0.15, -0.1) is 0 Å². The van der Waals surface area contributed by atoms with E-state index in [1.165, 1.54) is 11.8 Å². The lowest BCUT2D eigenvalue weighted by molar-refractivity contribution is -0.215. The molecule has 0 unspecified atom stereocenters. The van der Waals surface area contributed by atoms with Crippen LogP contribution in [0.2, 0.25) is 10.0 Å². The molecule has 9 heteroatoms. The van der Waals surface area contributed by atoms with Gasteiger partial charge in [-0.3, -0.25) is 9.59 Å². The van der Waals surface area contributed by atoms with Crippen molar-refractivity contribution in [2.75, 3.05) is 26.2 Å². The standard InChI is InChI=1S/C24H24Cl2N2O4S/c1-15(24(30)27-10-3-12-28-11-2-4-21(28)29)18-6-8-20(23(26)22(18)25)33-17-5-7-19-16(14-17)9-13-31-32-19/h5-8,14H,1-4,9-13H2,(H,27,30). The molecule has 0 atom stereocenters. The van der Waals surface area contributed by atoms with Gasteiger partial charge >= 0.3 is 0 Å². The van der Waals surface area contributed by atoms with E-state index in [9.17, 15) is 9.59 Å². The molecule has 1 saturated heterocycles. The molecule has 0 bridgehead atoms. The van der Waals surface area contributed by atoms with Crippen LogP contribution in [0.1, 0.15) is 30.4 Å². The first-order valence-electron chi connectivity index (χ1n) is 10.8. The number of hydrogen-bond acceptors (Lipinski definition) is 5. The van der Waals surface area contributed by atoms with Crippen LogP contribution in [0.25, 0.3) is 5.57 Å². The number of amides is 2. The Bertz CT molecular complexity index is 1090. The number of carbonyl (C=O) groups is 2. The number of nitrogens with zero attached hydrogens (tertiary/aromatic N) is 1. The first-order chi connectivity index (χ1) is 15.9. The summed E-state index contributed by atoms with van der Waals surface area (Å²) in [4.78, 5) is 38.0. The van der Waals surface area contributed by atoms with Crippen molar-refractivity contribution in [2.45, 2.75) is 35.5 Å². The second-order valence-electron chi connectivity index (χ2n) is 7.84. The summed E-state index contributed by atoms with van der Waals surface area (Å²) >= 11 is 14.5. The van der Waals surface area contributed by atoms with E-state index in [0.29, 0.717) is 48.1 Å². The molecule has 2 aliphatic heterocycles. The minimum atomic E-state index is -0.307. The zero-order valence-corrected chi connectivity index (χ0v) is 20.3. The Kier molecular flexibility index (Phi) is 7.86. The van der Waals surface area contributed by atoms with E-state index >= 15 is 0 Å². The Morgan fingerprint density at radius 2 is 2.03 bits per heavy atom. The molecular formula is C24H24Cl2N2O4S. The molecule has 2 heterocycles. The normalized spacial score (nSPS) is 15.2. The van der Waals surface area contributed by atoms with Crippen molar-refractivity contribution in [1.82, 2.24) is 10.2 Å². The van der Waals surface area contributed by atoms with Gasteiger partial charge < -0.3 is 15.1 Å². The summed E-state index contributed by atoms with van der Waals surface area (Å²) in [6.07, 6.45) is 2.99. The molecular weight excluding hydrogens is 483 g/mol. The van der Waals surface area contributed by atoms with Gasteiger partial charge in [-0.05, 0) is 37.1 Å². The fourth-order valence-corrected chi connectivity index (χ4v) is 5.30. The summed E-state index contributed by atoms with van der Waals surface area (Å²) in [5.41, 5.74) is 1.82. The summed E-state index contributed by atoms with van der Waals surface area (Å²) in [5, 5.41) is 3.51. The van der Waals surface area contributed by atoms with Crippen molar-refractivity contribution in [3.63, 3.8) is 0 Å². The summed E-state index contributed by atoms with van der Waals surface area (Å²) in [6, 6.07) is 9.44. The first-order valence-corrected chi connectivity index (χ1v) is 12.3. The highest BCUT2D eigenvalue weighted by Gasteiger charge is 2.20. The molecule has 0 aromatic heterocycles. The second kappa shape index (κ2) is 10.8. The lowest BCUT2D eigenvalue weighted by Crippen LogP contribution is -2.30. The number of likely N-dealkylation sites (tertiary alicyclic amines) is 1. The van der Waals surface area contributed by atoms with Crippen molar-refractivity contribution in [3.05, 3.63) is 58.1 Å². The first kappa shape index (κ1) is 24.0. The number of benzene rings is 2. The number of carbonyl (C=O) groups excluding carboxylic acids is 2. The lowest BCUT2D eigenvalue weighted by atomic mass is 10.1. The Morgan fingerprint density at radius 3 is 2.82 bits per heavy atom. The maximum Gasteiger partial charge on any atom is 0.251 e. The monoisotopic (exact) mass is 506 g/mol. The fraction of sp³-hybridized carbons (Fsp3) is 0.333. The molecule has 4 rings (SSSR count). The molecule has 1 fully saturated rings. The van der Waals surface area contributed by atoms with Crippen LogP contribution >= 0.6 is 35.0 Å². The predicted octanol–water partition coefficient (Wildman–Crippen LogP) is 5.15. The SMILES string of the molecule is C=C(C(=O)NCCCN1CCCC1=O)c1ccc(Sc2ccc3c(c2)CCOO3)c(Cl)c1Cl. The third-order valence-electron chi connectivity index (χ3n) is 5.57. The minimum Gasteiger partial charge on any atom is -0.352 e. The number of fused-ring (bicyclic) bond motifs is 1. The molecule has 174 valence electrons. The Balaban J connectivity index is 1.36. The van der Waals surface area contributed by atoms with Gasteiger partial charge in [0.25, 0.3) is 5.91 Å². The molecule has 0 radical (unpaired) electrons. The Morgan fingerprint density at radius 1 is 1.18 bits per heavy atom. The van der Waals surface area contributed by atoms with Gasteiger partial charge in [0.15, 0.2) is 5.75 Å². The topological polar surface area (TPSA) is 67.9 Å². The van der Waals surface area contributed by atoms with E-state index in [0.717, 1.165) is 40.5 Å². The zero-order valence-electron chi connectivity index (χ0n) is 18.0. The van der Waals surface area contributed by atoms with Crippen LogP contribution in [-0.2, 0) is 20.9 Å². The number of halogens is 2. The smallest absolute Gasteiger partial charge is 0.251 e. The van der Waals surface area contributed by atoms with Gasteiger partial charge in [0.1, 0.15) is 0 Å². The highest BCUT2D eigenvalue weighted by atomic mass is 35.5. The lowest BCUT2D eigenvalue weighted by Gasteiger charge is -2.17. The van der Waals surface area contributed by atoms with Crippen LogP contribution in [-0.4, -0.2) is 43.0 Å². The van der Waals surface area contributed by atoms with Crippen molar-refractivity contribution in [1.29, 1.82) is 0 Å². The maximum atomic E-state index is 12.6.